The van der Waals surface area contributed by atoms with Gasteiger partial charge in [-0.2, -0.15) is 4.31 Å². The van der Waals surface area contributed by atoms with Crippen molar-refractivity contribution in [2.45, 2.75) is 4.90 Å². The highest BCUT2D eigenvalue weighted by Crippen LogP contribution is 2.24. The molecular formula is C10H16ClN5O2S. The third-order valence-corrected chi connectivity index (χ3v) is 5.20. The number of halogens is 1. The Bertz CT molecular complexity index is 557. The van der Waals surface area contributed by atoms with E-state index in [4.69, 9.17) is 17.4 Å². The number of hydrazine groups is 1. The van der Waals surface area contributed by atoms with Gasteiger partial charge >= 0.3 is 0 Å². The summed E-state index contributed by atoms with van der Waals surface area (Å²) in [6.07, 6.45) is 1.26. The molecule has 0 unspecified atom stereocenters. The smallest absolute Gasteiger partial charge is 0.244 e. The number of aromatic nitrogens is 1. The average molecular weight is 306 g/mol. The number of hydrogen-bond donors (Lipinski definition) is 2. The molecule has 0 saturated carbocycles. The molecule has 1 fully saturated rings. The highest BCUT2D eigenvalue weighted by molar-refractivity contribution is 7.89. The molecule has 1 aliphatic heterocycles. The summed E-state index contributed by atoms with van der Waals surface area (Å²) in [5, 5.41) is 0.178. The van der Waals surface area contributed by atoms with E-state index in [9.17, 15) is 8.42 Å². The molecule has 1 saturated heterocycles. The van der Waals surface area contributed by atoms with Gasteiger partial charge in [0.15, 0.2) is 5.82 Å². The Morgan fingerprint density at radius 2 is 2.00 bits per heavy atom. The largest absolute Gasteiger partial charge is 0.307 e. The number of nitrogens with one attached hydrogen (secondary N) is 1. The molecule has 106 valence electrons. The number of anilines is 1. The summed E-state index contributed by atoms with van der Waals surface area (Å²) in [4.78, 5) is 6.05. The van der Waals surface area contributed by atoms with Crippen LogP contribution in [0.5, 0.6) is 0 Å². The second-order valence-electron chi connectivity index (χ2n) is 4.35. The van der Waals surface area contributed by atoms with Crippen LogP contribution in [-0.2, 0) is 10.0 Å². The Kier molecular flexibility index (Phi) is 4.26. The van der Waals surface area contributed by atoms with Gasteiger partial charge in [-0.05, 0) is 13.1 Å². The minimum atomic E-state index is -3.54. The van der Waals surface area contributed by atoms with Crippen LogP contribution in [0.25, 0.3) is 0 Å². The first-order chi connectivity index (χ1) is 8.95. The van der Waals surface area contributed by atoms with Crippen molar-refractivity contribution in [3.8, 4) is 0 Å². The summed E-state index contributed by atoms with van der Waals surface area (Å²) >= 11 is 5.90. The first-order valence-electron chi connectivity index (χ1n) is 5.76. The van der Waals surface area contributed by atoms with Gasteiger partial charge in [0, 0.05) is 32.4 Å². The van der Waals surface area contributed by atoms with Gasteiger partial charge in [0.1, 0.15) is 4.90 Å². The zero-order valence-corrected chi connectivity index (χ0v) is 12.1. The van der Waals surface area contributed by atoms with Gasteiger partial charge in [-0.15, -0.1) is 0 Å². The molecule has 0 atom stereocenters. The molecule has 9 heteroatoms. The van der Waals surface area contributed by atoms with Crippen molar-refractivity contribution in [2.75, 3.05) is 38.7 Å². The van der Waals surface area contributed by atoms with E-state index in [1.807, 2.05) is 7.05 Å². The van der Waals surface area contributed by atoms with Crippen LogP contribution in [0, 0.1) is 0 Å². The summed E-state index contributed by atoms with van der Waals surface area (Å²) in [5.41, 5.74) is 2.30. The third kappa shape index (κ3) is 2.98. The standard InChI is InChI=1S/C10H16ClN5O2S/c1-15-2-4-16(5-3-15)19(17,18)8-6-9(11)10(14-12)13-7-8/h6-7H,2-5,12H2,1H3,(H,13,14). The molecule has 19 heavy (non-hydrogen) atoms. The van der Waals surface area contributed by atoms with Gasteiger partial charge in [-0.1, -0.05) is 11.6 Å². The molecule has 0 aromatic carbocycles. The van der Waals surface area contributed by atoms with Crippen molar-refractivity contribution in [1.82, 2.24) is 14.2 Å². The summed E-state index contributed by atoms with van der Waals surface area (Å²) in [5.74, 6) is 5.45. The van der Waals surface area contributed by atoms with Crippen molar-refractivity contribution in [2.24, 2.45) is 5.84 Å². The SMILES string of the molecule is CN1CCN(S(=O)(=O)c2cnc(NN)c(Cl)c2)CC1. The zero-order valence-electron chi connectivity index (χ0n) is 10.5. The normalized spacial score (nSPS) is 18.5. The van der Waals surface area contributed by atoms with Crippen LogP contribution >= 0.6 is 11.6 Å². The number of nitrogen functional groups attached to an aromatic ring is 1. The lowest BCUT2D eigenvalue weighted by Gasteiger charge is -2.31. The number of pyridine rings is 1. The molecule has 0 radical (unpaired) electrons. The fourth-order valence-electron chi connectivity index (χ4n) is 1.85. The number of hydrogen-bond acceptors (Lipinski definition) is 6. The maximum atomic E-state index is 12.4. The second-order valence-corrected chi connectivity index (χ2v) is 6.70. The van der Waals surface area contributed by atoms with E-state index in [2.05, 4.69) is 15.3 Å². The van der Waals surface area contributed by atoms with Crippen LogP contribution < -0.4 is 11.3 Å². The summed E-state index contributed by atoms with van der Waals surface area (Å²) in [6.45, 7) is 2.35. The maximum absolute atomic E-state index is 12.4. The van der Waals surface area contributed by atoms with Gasteiger partial charge in [-0.3, -0.25) is 0 Å². The first-order valence-corrected chi connectivity index (χ1v) is 7.58. The number of sulfonamides is 1. The summed E-state index contributed by atoms with van der Waals surface area (Å²) < 4.78 is 26.2. The monoisotopic (exact) mass is 305 g/mol. The van der Waals surface area contributed by atoms with Crippen molar-refractivity contribution >= 4 is 27.4 Å². The Morgan fingerprint density at radius 3 is 2.53 bits per heavy atom. The van der Waals surface area contributed by atoms with E-state index >= 15 is 0 Å². The average Bonchev–Trinajstić information content (AvgIpc) is 2.39. The van der Waals surface area contributed by atoms with E-state index in [1.165, 1.54) is 16.6 Å². The van der Waals surface area contributed by atoms with Crippen molar-refractivity contribution < 1.29 is 8.42 Å². The molecule has 1 aromatic rings. The quantitative estimate of drug-likeness (QED) is 0.601. The predicted octanol–water partition coefficient (Wildman–Crippen LogP) is -0.0433. The van der Waals surface area contributed by atoms with E-state index < -0.39 is 10.0 Å². The minimum absolute atomic E-state index is 0.0843. The lowest BCUT2D eigenvalue weighted by molar-refractivity contribution is 0.222. The fraction of sp³-hybridized carbons (Fsp3) is 0.500. The van der Waals surface area contributed by atoms with Crippen LogP contribution in [0.1, 0.15) is 0 Å². The molecule has 0 bridgehead atoms. The number of likely N-dealkylation sites (N-methyl/N-ethyl adjacent to an activating group) is 1. The molecule has 7 nitrogen and oxygen atoms in total. The molecule has 2 rings (SSSR count). The number of piperazine rings is 1. The van der Waals surface area contributed by atoms with Gasteiger partial charge in [0.2, 0.25) is 10.0 Å². The predicted molar refractivity (Wildman–Crippen MR) is 73.3 cm³/mol. The van der Waals surface area contributed by atoms with Gasteiger partial charge < -0.3 is 10.3 Å². The van der Waals surface area contributed by atoms with Gasteiger partial charge in [-0.25, -0.2) is 19.2 Å². The van der Waals surface area contributed by atoms with Crippen LogP contribution in [0.4, 0.5) is 5.82 Å². The minimum Gasteiger partial charge on any atom is -0.307 e. The molecule has 0 aliphatic carbocycles. The summed E-state index contributed by atoms with van der Waals surface area (Å²) in [7, 11) is -1.58. The van der Waals surface area contributed by atoms with Gasteiger partial charge in [0.25, 0.3) is 0 Å². The lowest BCUT2D eigenvalue weighted by Crippen LogP contribution is -2.47. The molecule has 0 amide bonds. The second kappa shape index (κ2) is 5.59. The third-order valence-electron chi connectivity index (χ3n) is 3.05. The Morgan fingerprint density at radius 1 is 1.37 bits per heavy atom. The summed E-state index contributed by atoms with van der Waals surface area (Å²) in [6, 6.07) is 1.36. The topological polar surface area (TPSA) is 91.6 Å². The zero-order chi connectivity index (χ0) is 14.0. The van der Waals surface area contributed by atoms with E-state index in [-0.39, 0.29) is 15.7 Å². The van der Waals surface area contributed by atoms with Crippen molar-refractivity contribution in [3.05, 3.63) is 17.3 Å². The van der Waals surface area contributed by atoms with Crippen molar-refractivity contribution in [1.29, 1.82) is 0 Å². The number of nitrogens with two attached hydrogens (primary N) is 1. The Labute approximate surface area is 117 Å². The Balaban J connectivity index is 2.27. The van der Waals surface area contributed by atoms with Crippen LogP contribution in [-0.4, -0.2) is 55.8 Å². The highest BCUT2D eigenvalue weighted by atomic mass is 35.5. The molecule has 1 aromatic heterocycles. The van der Waals surface area contributed by atoms with Crippen LogP contribution in [0.3, 0.4) is 0 Å². The Hall–Kier alpha value is -0.930. The number of nitrogens with zero attached hydrogens (tertiary/aromatic N) is 3. The number of rotatable bonds is 3. The van der Waals surface area contributed by atoms with E-state index in [0.29, 0.717) is 26.2 Å². The fourth-order valence-corrected chi connectivity index (χ4v) is 3.53. The first kappa shape index (κ1) is 14.5. The van der Waals surface area contributed by atoms with Crippen molar-refractivity contribution in [3.63, 3.8) is 0 Å². The van der Waals surface area contributed by atoms with E-state index in [0.717, 1.165) is 0 Å². The molecule has 3 N–H and O–H groups in total. The van der Waals surface area contributed by atoms with Gasteiger partial charge in [0.05, 0.1) is 5.02 Å². The maximum Gasteiger partial charge on any atom is 0.244 e. The molecule has 0 spiro atoms. The molecule has 2 heterocycles. The van der Waals surface area contributed by atoms with Crippen LogP contribution in [0.2, 0.25) is 5.02 Å². The van der Waals surface area contributed by atoms with Crippen LogP contribution in [0.15, 0.2) is 17.2 Å². The van der Waals surface area contributed by atoms with E-state index in [1.54, 1.807) is 0 Å². The highest BCUT2D eigenvalue weighted by Gasteiger charge is 2.28. The molecule has 1 aliphatic rings. The molecular weight excluding hydrogens is 290 g/mol. The lowest BCUT2D eigenvalue weighted by atomic mass is 10.4.